The highest BCUT2D eigenvalue weighted by Crippen LogP contribution is 2.40. The van der Waals surface area contributed by atoms with Crippen molar-refractivity contribution in [3.8, 4) is 0 Å². The summed E-state index contributed by atoms with van der Waals surface area (Å²) in [6.07, 6.45) is 10.3. The van der Waals surface area contributed by atoms with E-state index >= 15 is 0 Å². The molecule has 0 spiro atoms. The van der Waals surface area contributed by atoms with Gasteiger partial charge in [-0.3, -0.25) is 0 Å². The van der Waals surface area contributed by atoms with Gasteiger partial charge in [0, 0.05) is 40.8 Å². The lowest BCUT2D eigenvalue weighted by molar-refractivity contribution is 0.241. The van der Waals surface area contributed by atoms with Gasteiger partial charge < -0.3 is 18.8 Å². The highest BCUT2D eigenvalue weighted by molar-refractivity contribution is 6.74. The number of nitrogens with one attached hydrogen (secondary N) is 2. The summed E-state index contributed by atoms with van der Waals surface area (Å²) in [4.78, 5) is 17.4. The van der Waals surface area contributed by atoms with Gasteiger partial charge in [-0.05, 0) is 122 Å². The molecule has 3 aromatic rings. The summed E-state index contributed by atoms with van der Waals surface area (Å²) in [7, 11) is -3.80. The molecule has 0 radical (unpaired) electrons. The lowest BCUT2D eigenvalue weighted by Gasteiger charge is -2.37. The van der Waals surface area contributed by atoms with E-state index in [1.54, 1.807) is 0 Å². The third kappa shape index (κ3) is 7.85. The Labute approximate surface area is 271 Å². The van der Waals surface area contributed by atoms with Crippen molar-refractivity contribution in [1.29, 1.82) is 0 Å². The van der Waals surface area contributed by atoms with Crippen LogP contribution < -0.4 is 0 Å². The molecule has 0 aromatic carbocycles. The van der Waals surface area contributed by atoms with Crippen LogP contribution >= 0.6 is 0 Å². The second-order valence-corrected chi connectivity index (χ2v) is 25.2. The number of hydrogen-bond donors (Lipinski definition) is 2. The number of fused-ring (bicyclic) bond motifs is 8. The zero-order chi connectivity index (χ0) is 32.6. The van der Waals surface area contributed by atoms with Gasteiger partial charge in [-0.2, -0.15) is 0 Å². The Morgan fingerprint density at radius 2 is 0.978 bits per heavy atom. The lowest BCUT2D eigenvalue weighted by atomic mass is 9.90. The molecule has 45 heavy (non-hydrogen) atoms. The number of H-pyrrole nitrogens is 2. The number of nitrogens with zero attached hydrogens (tertiary/aromatic N) is 2. The Morgan fingerprint density at radius 3 is 1.36 bits per heavy atom. The molecule has 0 atom stereocenters. The van der Waals surface area contributed by atoms with Crippen LogP contribution in [0, 0.1) is 0 Å². The lowest BCUT2D eigenvalue weighted by Crippen LogP contribution is -2.41. The first-order valence-corrected chi connectivity index (χ1v) is 22.2. The van der Waals surface area contributed by atoms with E-state index in [4.69, 9.17) is 18.8 Å². The molecule has 0 saturated heterocycles. The second kappa shape index (κ2) is 12.6. The summed E-state index contributed by atoms with van der Waals surface area (Å²) < 4.78 is 13.5. The predicted molar refractivity (Wildman–Crippen MR) is 197 cm³/mol. The average molecular weight is 641 g/mol. The average Bonchev–Trinajstić information content (AvgIpc) is 3.73. The molecule has 5 heterocycles. The molecule has 0 fully saturated rings. The first-order valence-electron chi connectivity index (χ1n) is 16.4. The Kier molecular flexibility index (Phi) is 9.35. The predicted octanol–water partition coefficient (Wildman–Crippen LogP) is 10.6. The zero-order valence-corrected chi connectivity index (χ0v) is 31.0. The summed E-state index contributed by atoms with van der Waals surface area (Å²) in [5.74, 6) is 0.174. The molecule has 3 aromatic heterocycles. The Balaban J connectivity index is 1.62. The van der Waals surface area contributed by atoms with Crippen LogP contribution in [0.15, 0.2) is 42.5 Å². The van der Waals surface area contributed by atoms with Gasteiger partial charge in [0.1, 0.15) is 0 Å². The minimum absolute atomic E-state index is 0.159. The topological polar surface area (TPSA) is 75.8 Å². The molecule has 0 aliphatic carbocycles. The van der Waals surface area contributed by atoms with Gasteiger partial charge in [0.25, 0.3) is 0 Å². The second-order valence-electron chi connectivity index (χ2n) is 15.6. The zero-order valence-electron chi connectivity index (χ0n) is 29.0. The van der Waals surface area contributed by atoms with E-state index in [2.05, 4.69) is 144 Å². The molecule has 2 aliphatic rings. The van der Waals surface area contributed by atoms with Crippen LogP contribution in [0.5, 0.6) is 0 Å². The van der Waals surface area contributed by atoms with Crippen molar-refractivity contribution in [2.45, 2.75) is 96.6 Å². The number of aromatic nitrogens is 4. The van der Waals surface area contributed by atoms with Crippen LogP contribution in [0.1, 0.15) is 88.6 Å². The summed E-state index contributed by atoms with van der Waals surface area (Å²) >= 11 is 0. The van der Waals surface area contributed by atoms with Crippen LogP contribution in [0.25, 0.3) is 46.4 Å². The Hall–Kier alpha value is -3.05. The first-order chi connectivity index (χ1) is 21.0. The van der Waals surface area contributed by atoms with Gasteiger partial charge in [0.05, 0.1) is 22.8 Å². The summed E-state index contributed by atoms with van der Waals surface area (Å²) in [6.45, 7) is 24.6. The number of aromatic amines is 2. The monoisotopic (exact) mass is 640 g/mol. The maximum atomic E-state index is 6.74. The van der Waals surface area contributed by atoms with E-state index in [1.165, 1.54) is 5.56 Å². The van der Waals surface area contributed by atoms with E-state index in [-0.39, 0.29) is 16.0 Å². The molecule has 0 unspecified atom stereocenters. The maximum absolute atomic E-state index is 6.74. The molecule has 240 valence electrons. The normalized spacial score (nSPS) is 14.1. The van der Waals surface area contributed by atoms with Gasteiger partial charge in [0.15, 0.2) is 16.6 Å². The van der Waals surface area contributed by atoms with E-state index in [1.807, 2.05) is 0 Å². The van der Waals surface area contributed by atoms with Crippen LogP contribution in [0.2, 0.25) is 36.3 Å². The molecule has 8 bridgehead atoms. The van der Waals surface area contributed by atoms with Crippen LogP contribution in [0.4, 0.5) is 0 Å². The molecule has 0 saturated carbocycles. The van der Waals surface area contributed by atoms with Crippen molar-refractivity contribution < 1.29 is 8.85 Å². The fourth-order valence-corrected chi connectivity index (χ4v) is 7.35. The van der Waals surface area contributed by atoms with Crippen molar-refractivity contribution >= 4 is 63.0 Å². The molecule has 2 N–H and O–H groups in total. The Bertz CT molecular complexity index is 1630. The molecule has 0 amide bonds. The third-order valence-electron chi connectivity index (χ3n) is 10.1. The number of hydrogen-bond acceptors (Lipinski definition) is 4. The van der Waals surface area contributed by atoms with Gasteiger partial charge in [-0.1, -0.05) is 41.5 Å². The van der Waals surface area contributed by atoms with E-state index in [0.717, 1.165) is 57.7 Å². The smallest absolute Gasteiger partial charge is 0.191 e. The number of rotatable bonds is 9. The molecule has 5 rings (SSSR count). The highest BCUT2D eigenvalue weighted by atomic mass is 28.4. The third-order valence-corrected chi connectivity index (χ3v) is 19.2. The van der Waals surface area contributed by atoms with Crippen molar-refractivity contribution in [3.63, 3.8) is 0 Å². The quantitative estimate of drug-likeness (QED) is 0.157. The van der Waals surface area contributed by atoms with Crippen molar-refractivity contribution in [3.05, 3.63) is 70.8 Å². The first kappa shape index (κ1) is 33.3. The summed E-state index contributed by atoms with van der Waals surface area (Å²) in [5.41, 5.74) is 9.10. The standard InChI is InChI=1S/C37H52N4O2Si2/c1-36(2,3)44(7,8)42-21-19-26(20-22-43-45(9,10)37(4,5)6)35-33-17-15-31(40-33)24-29-13-11-27(38-29)23-28-12-14-30(39-28)25-32-16-18-34(35)41-32/h11-18,23-26,38-39H,19-22H2,1-10H3. The highest BCUT2D eigenvalue weighted by Gasteiger charge is 2.38. The van der Waals surface area contributed by atoms with Crippen molar-refractivity contribution in [2.24, 2.45) is 0 Å². The van der Waals surface area contributed by atoms with E-state index < -0.39 is 16.6 Å². The minimum Gasteiger partial charge on any atom is -0.417 e. The van der Waals surface area contributed by atoms with Crippen LogP contribution in [-0.4, -0.2) is 49.8 Å². The van der Waals surface area contributed by atoms with Gasteiger partial charge >= 0.3 is 0 Å². The SMILES string of the molecule is CC(C)(C)[Si](C)(C)OCCC(CCO[Si](C)(C)C(C)(C)C)c1c2nc(cc3ccc(cc4ccc(cc5nc1C=C5)[nH]4)[nH]3)C=C2. The summed E-state index contributed by atoms with van der Waals surface area (Å²) in [5, 5.41) is 0.318. The largest absolute Gasteiger partial charge is 0.417 e. The fraction of sp³-hybridized carbons (Fsp3) is 0.459. The minimum atomic E-state index is -1.90. The summed E-state index contributed by atoms with van der Waals surface area (Å²) in [6, 6.07) is 14.7. The van der Waals surface area contributed by atoms with Gasteiger partial charge in [-0.25, -0.2) is 9.97 Å². The van der Waals surface area contributed by atoms with E-state index in [0.29, 0.717) is 13.2 Å². The van der Waals surface area contributed by atoms with Crippen LogP contribution in [-0.2, 0) is 8.85 Å². The van der Waals surface area contributed by atoms with E-state index in [9.17, 15) is 0 Å². The van der Waals surface area contributed by atoms with Gasteiger partial charge in [0.2, 0.25) is 0 Å². The molecular formula is C37H52N4O2Si2. The maximum Gasteiger partial charge on any atom is 0.191 e. The van der Waals surface area contributed by atoms with Crippen molar-refractivity contribution in [1.82, 2.24) is 19.9 Å². The molecular weight excluding hydrogens is 589 g/mol. The Morgan fingerprint density at radius 1 is 0.600 bits per heavy atom. The van der Waals surface area contributed by atoms with Crippen LogP contribution in [0.3, 0.4) is 0 Å². The fourth-order valence-electron chi connectivity index (χ4n) is 5.23. The molecule has 6 nitrogen and oxygen atoms in total. The molecule has 8 heteroatoms. The van der Waals surface area contributed by atoms with Gasteiger partial charge in [-0.15, -0.1) is 0 Å². The molecule has 2 aliphatic heterocycles. The van der Waals surface area contributed by atoms with Crippen molar-refractivity contribution in [2.75, 3.05) is 13.2 Å².